The van der Waals surface area contributed by atoms with Crippen molar-refractivity contribution in [1.82, 2.24) is 15.1 Å². The van der Waals surface area contributed by atoms with Crippen LogP contribution in [0.3, 0.4) is 0 Å². The van der Waals surface area contributed by atoms with Gasteiger partial charge in [-0.3, -0.25) is 9.48 Å². The topological polar surface area (TPSA) is 46.9 Å². The van der Waals surface area contributed by atoms with Gasteiger partial charge in [-0.1, -0.05) is 18.2 Å². The van der Waals surface area contributed by atoms with Crippen molar-refractivity contribution in [3.05, 3.63) is 59.2 Å². The molecule has 110 valence electrons. The molecular weight excluding hydrogens is 269 g/mol. The van der Waals surface area contributed by atoms with Crippen molar-refractivity contribution in [2.24, 2.45) is 0 Å². The number of rotatable bonds is 5. The highest BCUT2D eigenvalue weighted by Gasteiger charge is 2.03. The SMILES string of the molecule is CCn1cc(/C=C\C(=O)NCc2ccccc2F)c(C)n1. The summed E-state index contributed by atoms with van der Waals surface area (Å²) in [5, 5.41) is 6.95. The number of hydrogen-bond donors (Lipinski definition) is 1. The van der Waals surface area contributed by atoms with E-state index in [2.05, 4.69) is 10.4 Å². The first-order valence-corrected chi connectivity index (χ1v) is 6.83. The van der Waals surface area contributed by atoms with E-state index < -0.39 is 0 Å². The van der Waals surface area contributed by atoms with Gasteiger partial charge in [0.15, 0.2) is 0 Å². The van der Waals surface area contributed by atoms with Crippen LogP contribution < -0.4 is 5.32 Å². The van der Waals surface area contributed by atoms with Gasteiger partial charge in [-0.25, -0.2) is 4.39 Å². The van der Waals surface area contributed by atoms with Crippen LogP contribution in [-0.4, -0.2) is 15.7 Å². The molecule has 0 aliphatic carbocycles. The smallest absolute Gasteiger partial charge is 0.244 e. The van der Waals surface area contributed by atoms with Gasteiger partial charge in [0, 0.05) is 36.5 Å². The van der Waals surface area contributed by atoms with E-state index in [0.717, 1.165) is 17.8 Å². The largest absolute Gasteiger partial charge is 0.348 e. The Hall–Kier alpha value is -2.43. The Labute approximate surface area is 123 Å². The molecule has 1 aromatic carbocycles. The summed E-state index contributed by atoms with van der Waals surface area (Å²) in [5.41, 5.74) is 2.24. The van der Waals surface area contributed by atoms with E-state index in [-0.39, 0.29) is 18.3 Å². The number of amides is 1. The van der Waals surface area contributed by atoms with Crippen LogP contribution in [0, 0.1) is 12.7 Å². The normalized spacial score (nSPS) is 11.0. The number of aromatic nitrogens is 2. The molecule has 2 rings (SSSR count). The Balaban J connectivity index is 1.94. The third-order valence-electron chi connectivity index (χ3n) is 3.13. The molecule has 21 heavy (non-hydrogen) atoms. The minimum absolute atomic E-state index is 0.170. The number of carbonyl (C=O) groups excluding carboxylic acids is 1. The van der Waals surface area contributed by atoms with Gasteiger partial charge in [-0.15, -0.1) is 0 Å². The van der Waals surface area contributed by atoms with Crippen molar-refractivity contribution in [2.45, 2.75) is 26.9 Å². The average Bonchev–Trinajstić information content (AvgIpc) is 2.84. The lowest BCUT2D eigenvalue weighted by Gasteiger charge is -2.03. The summed E-state index contributed by atoms with van der Waals surface area (Å²) in [6.45, 7) is 4.85. The molecule has 0 aliphatic heterocycles. The lowest BCUT2D eigenvalue weighted by Crippen LogP contribution is -2.20. The van der Waals surface area contributed by atoms with E-state index in [1.165, 1.54) is 12.1 Å². The van der Waals surface area contributed by atoms with Crippen molar-refractivity contribution in [3.63, 3.8) is 0 Å². The highest BCUT2D eigenvalue weighted by atomic mass is 19.1. The second-order valence-electron chi connectivity index (χ2n) is 4.67. The quantitative estimate of drug-likeness (QED) is 0.859. The molecule has 0 radical (unpaired) electrons. The Bertz CT molecular complexity index is 661. The molecule has 5 heteroatoms. The highest BCUT2D eigenvalue weighted by Crippen LogP contribution is 2.08. The van der Waals surface area contributed by atoms with Crippen LogP contribution in [-0.2, 0) is 17.9 Å². The zero-order chi connectivity index (χ0) is 15.2. The van der Waals surface area contributed by atoms with E-state index in [4.69, 9.17) is 0 Å². The minimum Gasteiger partial charge on any atom is -0.348 e. The van der Waals surface area contributed by atoms with E-state index in [1.54, 1.807) is 24.3 Å². The molecule has 0 spiro atoms. The predicted octanol–water partition coefficient (Wildman–Crippen LogP) is 2.68. The molecule has 1 amide bonds. The molecule has 2 aromatic rings. The molecule has 0 atom stereocenters. The van der Waals surface area contributed by atoms with Crippen molar-refractivity contribution in [1.29, 1.82) is 0 Å². The van der Waals surface area contributed by atoms with Gasteiger partial charge in [-0.2, -0.15) is 5.10 Å². The van der Waals surface area contributed by atoms with Gasteiger partial charge < -0.3 is 5.32 Å². The highest BCUT2D eigenvalue weighted by molar-refractivity contribution is 5.91. The number of hydrogen-bond acceptors (Lipinski definition) is 2. The van der Waals surface area contributed by atoms with Crippen molar-refractivity contribution in [3.8, 4) is 0 Å². The number of benzene rings is 1. The molecule has 0 saturated carbocycles. The zero-order valence-corrected chi connectivity index (χ0v) is 12.1. The molecule has 1 heterocycles. The summed E-state index contributed by atoms with van der Waals surface area (Å²) in [7, 11) is 0. The fourth-order valence-corrected chi connectivity index (χ4v) is 1.91. The molecular formula is C16H18FN3O. The summed E-state index contributed by atoms with van der Waals surface area (Å²) in [4.78, 5) is 11.7. The first-order chi connectivity index (χ1) is 10.1. The minimum atomic E-state index is -0.318. The van der Waals surface area contributed by atoms with Gasteiger partial charge >= 0.3 is 0 Å². The third kappa shape index (κ3) is 4.02. The molecule has 0 fully saturated rings. The summed E-state index contributed by atoms with van der Waals surface area (Å²) >= 11 is 0. The van der Waals surface area contributed by atoms with Gasteiger partial charge in [0.05, 0.1) is 5.69 Å². The summed E-state index contributed by atoms with van der Waals surface area (Å²) < 4.78 is 15.2. The van der Waals surface area contributed by atoms with Crippen LogP contribution in [0.4, 0.5) is 4.39 Å². The van der Waals surface area contributed by atoms with E-state index in [0.29, 0.717) is 5.56 Å². The summed E-state index contributed by atoms with van der Waals surface area (Å²) in [5.74, 6) is -0.580. The molecule has 0 unspecified atom stereocenters. The second-order valence-corrected chi connectivity index (χ2v) is 4.67. The van der Waals surface area contributed by atoms with Crippen LogP contribution in [0.1, 0.15) is 23.7 Å². The lowest BCUT2D eigenvalue weighted by atomic mass is 10.2. The van der Waals surface area contributed by atoms with Crippen LogP contribution in [0.2, 0.25) is 0 Å². The lowest BCUT2D eigenvalue weighted by molar-refractivity contribution is -0.116. The Kier molecular flexibility index (Phi) is 4.87. The first kappa shape index (κ1) is 15.0. The van der Waals surface area contributed by atoms with Crippen molar-refractivity contribution in [2.75, 3.05) is 0 Å². The fraction of sp³-hybridized carbons (Fsp3) is 0.250. The number of carbonyl (C=O) groups is 1. The van der Waals surface area contributed by atoms with E-state index >= 15 is 0 Å². The molecule has 1 N–H and O–H groups in total. The maximum absolute atomic E-state index is 13.4. The molecule has 0 saturated heterocycles. The van der Waals surface area contributed by atoms with Crippen molar-refractivity contribution >= 4 is 12.0 Å². The number of halogens is 1. The van der Waals surface area contributed by atoms with Crippen LogP contribution in [0.25, 0.3) is 6.08 Å². The molecule has 0 bridgehead atoms. The molecule has 0 aliphatic rings. The third-order valence-corrected chi connectivity index (χ3v) is 3.13. The zero-order valence-electron chi connectivity index (χ0n) is 12.1. The number of aryl methyl sites for hydroxylation is 2. The van der Waals surface area contributed by atoms with Crippen LogP contribution >= 0.6 is 0 Å². The maximum Gasteiger partial charge on any atom is 0.244 e. The number of nitrogens with zero attached hydrogens (tertiary/aromatic N) is 2. The first-order valence-electron chi connectivity index (χ1n) is 6.83. The Morgan fingerprint density at radius 1 is 1.43 bits per heavy atom. The number of nitrogens with one attached hydrogen (secondary N) is 1. The Morgan fingerprint density at radius 3 is 2.86 bits per heavy atom. The molecule has 4 nitrogen and oxygen atoms in total. The van der Waals surface area contributed by atoms with Gasteiger partial charge in [0.25, 0.3) is 0 Å². The Morgan fingerprint density at radius 2 is 2.19 bits per heavy atom. The van der Waals surface area contributed by atoms with Gasteiger partial charge in [-0.05, 0) is 26.0 Å². The van der Waals surface area contributed by atoms with E-state index in [1.807, 2.05) is 24.7 Å². The molecule has 1 aromatic heterocycles. The maximum atomic E-state index is 13.4. The summed E-state index contributed by atoms with van der Waals surface area (Å²) in [6, 6.07) is 6.38. The monoisotopic (exact) mass is 287 g/mol. The van der Waals surface area contributed by atoms with Gasteiger partial charge in [0.1, 0.15) is 5.82 Å². The van der Waals surface area contributed by atoms with Crippen molar-refractivity contribution < 1.29 is 9.18 Å². The fourth-order valence-electron chi connectivity index (χ4n) is 1.91. The second kappa shape index (κ2) is 6.83. The van der Waals surface area contributed by atoms with Gasteiger partial charge in [0.2, 0.25) is 5.91 Å². The standard InChI is InChI=1S/C16H18FN3O/c1-3-20-11-14(12(2)19-20)8-9-16(21)18-10-13-6-4-5-7-15(13)17/h4-9,11H,3,10H2,1-2H3,(H,18,21)/b9-8-. The van der Waals surface area contributed by atoms with Crippen LogP contribution in [0.15, 0.2) is 36.5 Å². The average molecular weight is 287 g/mol. The van der Waals surface area contributed by atoms with E-state index in [9.17, 15) is 9.18 Å². The van der Waals surface area contributed by atoms with Crippen LogP contribution in [0.5, 0.6) is 0 Å². The predicted molar refractivity (Wildman–Crippen MR) is 79.9 cm³/mol. The summed E-state index contributed by atoms with van der Waals surface area (Å²) in [6.07, 6.45) is 5.03.